The highest BCUT2D eigenvalue weighted by atomic mass is 16.7. The molecule has 208 valence electrons. The molecule has 0 saturated carbocycles. The number of aliphatic carboxylic acids is 1. The zero-order valence-corrected chi connectivity index (χ0v) is 19.5. The van der Waals surface area contributed by atoms with Crippen LogP contribution in [0.5, 0.6) is 0 Å². The average molecular weight is 533 g/mol. The number of nitrogens with zero attached hydrogens (tertiary/aromatic N) is 2. The van der Waals surface area contributed by atoms with E-state index in [1.165, 1.54) is 12.3 Å². The predicted molar refractivity (Wildman–Crippen MR) is 115 cm³/mol. The molecule has 2 aliphatic rings. The Morgan fingerprint density at radius 1 is 1.35 bits per heavy atom. The normalized spacial score (nSPS) is 35.6. The molecule has 2 saturated heterocycles. The molecule has 1 aromatic heterocycles. The van der Waals surface area contributed by atoms with Crippen molar-refractivity contribution in [3.63, 3.8) is 0 Å². The maximum Gasteiger partial charge on any atom is 0.351 e. The maximum atomic E-state index is 12.1. The van der Waals surface area contributed by atoms with Crippen LogP contribution in [0.1, 0.15) is 19.6 Å². The summed E-state index contributed by atoms with van der Waals surface area (Å²) < 4.78 is 17.1. The van der Waals surface area contributed by atoms with Crippen molar-refractivity contribution in [1.29, 1.82) is 0 Å². The molecule has 0 radical (unpaired) electrons. The van der Waals surface area contributed by atoms with E-state index in [1.807, 2.05) is 0 Å². The van der Waals surface area contributed by atoms with E-state index >= 15 is 0 Å². The van der Waals surface area contributed by atoms with Crippen molar-refractivity contribution in [3.8, 4) is 0 Å². The first kappa shape index (κ1) is 28.8. The number of nitrogen functional groups attached to an aromatic ring is 1. The number of nitrogens with one attached hydrogen (secondary N) is 1. The number of amides is 1. The highest BCUT2D eigenvalue weighted by Crippen LogP contribution is 2.35. The van der Waals surface area contributed by atoms with Crippen molar-refractivity contribution in [2.75, 3.05) is 18.9 Å². The van der Waals surface area contributed by atoms with Crippen LogP contribution in [0.4, 0.5) is 5.82 Å². The van der Waals surface area contributed by atoms with Crippen LogP contribution < -0.4 is 21.8 Å². The number of aromatic nitrogens is 2. The van der Waals surface area contributed by atoms with Crippen LogP contribution >= 0.6 is 0 Å². The Labute approximate surface area is 208 Å². The second kappa shape index (κ2) is 11.3. The van der Waals surface area contributed by atoms with Crippen molar-refractivity contribution in [2.24, 2.45) is 0 Å². The third kappa shape index (κ3) is 5.89. The molecule has 1 amide bonds. The number of hydrogen-bond acceptors (Lipinski definition) is 15. The van der Waals surface area contributed by atoms with Crippen molar-refractivity contribution >= 4 is 17.7 Å². The van der Waals surface area contributed by atoms with Gasteiger partial charge in [-0.05, 0) is 6.07 Å². The zero-order valence-electron chi connectivity index (χ0n) is 19.5. The lowest BCUT2D eigenvalue weighted by molar-refractivity contribution is -0.384. The van der Waals surface area contributed by atoms with Gasteiger partial charge in [0.05, 0.1) is 25.4 Å². The summed E-state index contributed by atoms with van der Waals surface area (Å²) in [7, 11) is 0. The SMILES string of the molecule is CC(=O)N[C@H]1[C@H]([C@H](O)[C@H](O)CO)O[C@](OC[C@H]2O[C@@H](n3ccc(N)nc3=O)[C@H](O)[C@@H]2O)(C(=O)[O-])C[C@@H]1O. The number of hydrogen-bond donors (Lipinski definition) is 8. The monoisotopic (exact) mass is 533 g/mol. The summed E-state index contributed by atoms with van der Waals surface area (Å²) in [4.78, 5) is 39.3. The number of aliphatic hydroxyl groups excluding tert-OH is 6. The molecular formula is C20H29N4O13-. The molecule has 2 aliphatic heterocycles. The van der Waals surface area contributed by atoms with Crippen LogP contribution in [0.25, 0.3) is 0 Å². The lowest BCUT2D eigenvalue weighted by atomic mass is 9.88. The van der Waals surface area contributed by atoms with E-state index < -0.39 is 98.0 Å². The van der Waals surface area contributed by atoms with Gasteiger partial charge in [-0.15, -0.1) is 0 Å². The average Bonchev–Trinajstić information content (AvgIpc) is 3.11. The number of carboxylic acids is 1. The Morgan fingerprint density at radius 2 is 2.03 bits per heavy atom. The van der Waals surface area contributed by atoms with E-state index in [4.69, 9.17) is 19.9 Å². The molecule has 0 unspecified atom stereocenters. The van der Waals surface area contributed by atoms with Gasteiger partial charge in [-0.3, -0.25) is 9.36 Å². The van der Waals surface area contributed by atoms with Crippen molar-refractivity contribution in [1.82, 2.24) is 14.9 Å². The lowest BCUT2D eigenvalue weighted by Gasteiger charge is -2.49. The van der Waals surface area contributed by atoms with Crippen molar-refractivity contribution in [3.05, 3.63) is 22.7 Å². The molecule has 9 N–H and O–H groups in total. The van der Waals surface area contributed by atoms with E-state index in [-0.39, 0.29) is 5.82 Å². The molecule has 0 aliphatic carbocycles. The summed E-state index contributed by atoms with van der Waals surface area (Å²) >= 11 is 0. The van der Waals surface area contributed by atoms with Crippen LogP contribution in [-0.2, 0) is 23.8 Å². The summed E-state index contributed by atoms with van der Waals surface area (Å²) in [5.74, 6) is -5.59. The number of nitrogens with two attached hydrogens (primary N) is 1. The number of aliphatic hydroxyl groups is 6. The number of rotatable bonds is 9. The Kier molecular flexibility index (Phi) is 8.83. The van der Waals surface area contributed by atoms with E-state index in [1.54, 1.807) is 0 Å². The lowest BCUT2D eigenvalue weighted by Crippen LogP contribution is -2.69. The zero-order chi connectivity index (χ0) is 27.7. The molecule has 3 heterocycles. The van der Waals surface area contributed by atoms with E-state index in [9.17, 15) is 50.1 Å². The first-order valence-corrected chi connectivity index (χ1v) is 11.1. The van der Waals surface area contributed by atoms with Gasteiger partial charge in [0, 0.05) is 19.5 Å². The Hall–Kier alpha value is -2.74. The quantitative estimate of drug-likeness (QED) is 0.146. The van der Waals surface area contributed by atoms with E-state index in [0.717, 1.165) is 11.5 Å². The van der Waals surface area contributed by atoms with Gasteiger partial charge in [0.2, 0.25) is 11.7 Å². The van der Waals surface area contributed by atoms with Gasteiger partial charge in [-0.25, -0.2) is 4.79 Å². The van der Waals surface area contributed by atoms with Gasteiger partial charge in [-0.1, -0.05) is 0 Å². The Bertz CT molecular complexity index is 1040. The second-order valence-electron chi connectivity index (χ2n) is 8.76. The third-order valence-corrected chi connectivity index (χ3v) is 6.12. The molecule has 17 nitrogen and oxygen atoms in total. The van der Waals surface area contributed by atoms with Crippen LogP contribution in [0.3, 0.4) is 0 Å². The Morgan fingerprint density at radius 3 is 2.59 bits per heavy atom. The summed E-state index contributed by atoms with van der Waals surface area (Å²) in [5, 5.41) is 75.2. The van der Waals surface area contributed by atoms with Gasteiger partial charge in [-0.2, -0.15) is 4.98 Å². The summed E-state index contributed by atoms with van der Waals surface area (Å²) in [6.07, 6.45) is -13.3. The van der Waals surface area contributed by atoms with Crippen LogP contribution in [0, 0.1) is 0 Å². The predicted octanol–water partition coefficient (Wildman–Crippen LogP) is -6.72. The van der Waals surface area contributed by atoms with Gasteiger partial charge >= 0.3 is 5.69 Å². The fourth-order valence-electron chi connectivity index (χ4n) is 4.20. The summed E-state index contributed by atoms with van der Waals surface area (Å²) in [5.41, 5.74) is 4.54. The summed E-state index contributed by atoms with van der Waals surface area (Å²) in [6.45, 7) is -0.676. The number of carboxylic acid groups (broad SMARTS) is 1. The fourth-order valence-corrected chi connectivity index (χ4v) is 4.20. The number of carbonyl (C=O) groups excluding carboxylic acids is 2. The highest BCUT2D eigenvalue weighted by molar-refractivity contribution is 5.75. The topological polar surface area (TPSA) is 279 Å². The molecule has 17 heteroatoms. The van der Waals surface area contributed by atoms with Crippen LogP contribution in [0.15, 0.2) is 17.1 Å². The minimum Gasteiger partial charge on any atom is -0.544 e. The molecule has 10 atom stereocenters. The first-order valence-electron chi connectivity index (χ1n) is 11.1. The minimum absolute atomic E-state index is 0.0984. The number of carbonyl (C=O) groups is 2. The number of ether oxygens (including phenoxy) is 3. The smallest absolute Gasteiger partial charge is 0.351 e. The Balaban J connectivity index is 1.82. The van der Waals surface area contributed by atoms with Crippen LogP contribution in [-0.4, -0.2) is 120 Å². The molecule has 3 rings (SSSR count). The van der Waals surface area contributed by atoms with Crippen LogP contribution in [0.2, 0.25) is 0 Å². The van der Waals surface area contributed by atoms with Crippen molar-refractivity contribution < 1.29 is 59.5 Å². The van der Waals surface area contributed by atoms with Gasteiger partial charge in [0.25, 0.3) is 0 Å². The van der Waals surface area contributed by atoms with Crippen molar-refractivity contribution in [2.45, 2.75) is 74.1 Å². The first-order chi connectivity index (χ1) is 17.3. The molecule has 0 spiro atoms. The van der Waals surface area contributed by atoms with Gasteiger partial charge in [0.15, 0.2) is 6.23 Å². The molecule has 0 bridgehead atoms. The highest BCUT2D eigenvalue weighted by Gasteiger charge is 2.53. The molecule has 1 aromatic rings. The fraction of sp³-hybridized carbons (Fsp3) is 0.700. The number of anilines is 1. The minimum atomic E-state index is -2.79. The maximum absolute atomic E-state index is 12.1. The summed E-state index contributed by atoms with van der Waals surface area (Å²) in [6, 6.07) is -0.178. The third-order valence-electron chi connectivity index (χ3n) is 6.12. The molecular weight excluding hydrogens is 504 g/mol. The van der Waals surface area contributed by atoms with Gasteiger partial charge in [0.1, 0.15) is 48.4 Å². The second-order valence-corrected chi connectivity index (χ2v) is 8.76. The molecule has 0 aromatic carbocycles. The van der Waals surface area contributed by atoms with E-state index in [0.29, 0.717) is 0 Å². The molecule has 2 fully saturated rings. The molecule has 37 heavy (non-hydrogen) atoms. The van der Waals surface area contributed by atoms with E-state index in [2.05, 4.69) is 10.3 Å². The largest absolute Gasteiger partial charge is 0.544 e. The van der Waals surface area contributed by atoms with Gasteiger partial charge < -0.3 is 65.8 Å². The standard InChI is InChI=1S/C20H30N4O13/c1-7(26)22-12-8(27)4-20(18(32)33,37-16(12)13(29)9(28)5-25)35-6-10-14(30)15(31)17(36-10)24-3-2-11(21)23-19(24)34/h2-3,8-10,12-17,25,27-31H,4-6H2,1H3,(H,22,26)(H,32,33)(H2,21,23,34)/p-1/t8-,9+,10+,12+,13+,14+,15+,16+,17+,20-/m0/s1.